The fourth-order valence-electron chi connectivity index (χ4n) is 1.07. The predicted octanol–water partition coefficient (Wildman–Crippen LogP) is 1.35. The van der Waals surface area contributed by atoms with Crippen molar-refractivity contribution < 1.29 is 8.42 Å². The van der Waals surface area contributed by atoms with Gasteiger partial charge in [0.25, 0.3) is 10.0 Å². The summed E-state index contributed by atoms with van der Waals surface area (Å²) in [5.74, 6) is 0. The second-order valence-electron chi connectivity index (χ2n) is 3.72. The van der Waals surface area contributed by atoms with Crippen molar-refractivity contribution in [3.8, 4) is 0 Å². The minimum absolute atomic E-state index is 0.0764. The minimum Gasteiger partial charge on any atom is -0.399 e. The first-order valence-electron chi connectivity index (χ1n) is 4.81. The molecule has 0 aromatic heterocycles. The smallest absolute Gasteiger partial charge is 0.283 e. The fraction of sp³-hybridized carbons (Fsp3) is 0.300. The molecule has 94 valence electrons. The SMILES string of the molecule is CN(C)CC=NS(=O)(=O)c1cc(N)ccc1Br. The highest BCUT2D eigenvalue weighted by atomic mass is 79.9. The summed E-state index contributed by atoms with van der Waals surface area (Å²) in [7, 11) is -0.0364. The lowest BCUT2D eigenvalue weighted by Gasteiger charge is -2.05. The van der Waals surface area contributed by atoms with Crippen molar-refractivity contribution in [2.75, 3.05) is 26.4 Å². The molecule has 0 aliphatic carbocycles. The van der Waals surface area contributed by atoms with E-state index < -0.39 is 10.0 Å². The van der Waals surface area contributed by atoms with Crippen molar-refractivity contribution in [1.29, 1.82) is 0 Å². The van der Waals surface area contributed by atoms with Crippen LogP contribution in [0.5, 0.6) is 0 Å². The van der Waals surface area contributed by atoms with Crippen LogP contribution in [0.3, 0.4) is 0 Å². The molecule has 17 heavy (non-hydrogen) atoms. The third kappa shape index (κ3) is 4.10. The van der Waals surface area contributed by atoms with E-state index in [1.807, 2.05) is 19.0 Å². The summed E-state index contributed by atoms with van der Waals surface area (Å²) in [5, 5.41) is 0. The van der Waals surface area contributed by atoms with Gasteiger partial charge in [-0.05, 0) is 48.2 Å². The third-order valence-electron chi connectivity index (χ3n) is 1.89. The summed E-state index contributed by atoms with van der Waals surface area (Å²) in [6.07, 6.45) is 1.35. The number of halogens is 1. The number of benzene rings is 1. The zero-order chi connectivity index (χ0) is 13.1. The maximum Gasteiger partial charge on any atom is 0.283 e. The zero-order valence-electron chi connectivity index (χ0n) is 9.59. The average Bonchev–Trinajstić information content (AvgIpc) is 2.20. The summed E-state index contributed by atoms with van der Waals surface area (Å²) < 4.78 is 27.8. The van der Waals surface area contributed by atoms with Crippen LogP contribution in [0.15, 0.2) is 32.0 Å². The van der Waals surface area contributed by atoms with Crippen molar-refractivity contribution >= 4 is 37.9 Å². The lowest BCUT2D eigenvalue weighted by molar-refractivity contribution is 0.473. The quantitative estimate of drug-likeness (QED) is 0.671. The van der Waals surface area contributed by atoms with Gasteiger partial charge in [-0.1, -0.05) is 0 Å². The highest BCUT2D eigenvalue weighted by molar-refractivity contribution is 9.10. The molecule has 0 aliphatic rings. The number of anilines is 1. The zero-order valence-corrected chi connectivity index (χ0v) is 12.0. The predicted molar refractivity (Wildman–Crippen MR) is 72.8 cm³/mol. The number of sulfonamides is 1. The van der Waals surface area contributed by atoms with E-state index in [1.54, 1.807) is 12.1 Å². The van der Waals surface area contributed by atoms with Gasteiger partial charge in [0.05, 0.1) is 0 Å². The van der Waals surface area contributed by atoms with Crippen LogP contribution in [0.4, 0.5) is 5.69 Å². The minimum atomic E-state index is -3.69. The van der Waals surface area contributed by atoms with Gasteiger partial charge in [-0.2, -0.15) is 12.8 Å². The standard InChI is InChI=1S/C10H14BrN3O2S/c1-14(2)6-5-13-17(15,16)10-7-8(12)3-4-9(10)11/h3-5,7H,6,12H2,1-2H3. The van der Waals surface area contributed by atoms with Crippen LogP contribution >= 0.6 is 15.9 Å². The molecule has 1 aromatic carbocycles. The lowest BCUT2D eigenvalue weighted by Crippen LogP contribution is -2.14. The summed E-state index contributed by atoms with van der Waals surface area (Å²) >= 11 is 3.17. The summed E-state index contributed by atoms with van der Waals surface area (Å²) in [4.78, 5) is 1.89. The van der Waals surface area contributed by atoms with E-state index in [2.05, 4.69) is 20.3 Å². The molecular formula is C10H14BrN3O2S. The van der Waals surface area contributed by atoms with Gasteiger partial charge >= 0.3 is 0 Å². The van der Waals surface area contributed by atoms with E-state index in [-0.39, 0.29) is 4.90 Å². The van der Waals surface area contributed by atoms with Gasteiger partial charge in [0.15, 0.2) is 0 Å². The molecule has 0 unspecified atom stereocenters. The van der Waals surface area contributed by atoms with Gasteiger partial charge in [-0.15, -0.1) is 0 Å². The molecule has 5 nitrogen and oxygen atoms in total. The number of nitrogens with two attached hydrogens (primary N) is 1. The number of nitrogen functional groups attached to an aromatic ring is 1. The Morgan fingerprint density at radius 3 is 2.71 bits per heavy atom. The van der Waals surface area contributed by atoms with Crippen LogP contribution in [0, 0.1) is 0 Å². The third-order valence-corrected chi connectivity index (χ3v) is 4.17. The summed E-state index contributed by atoms with van der Waals surface area (Å²) in [6.45, 7) is 0.458. The van der Waals surface area contributed by atoms with Gasteiger partial charge in [-0.25, -0.2) is 0 Å². The van der Waals surface area contributed by atoms with Crippen molar-refractivity contribution in [3.05, 3.63) is 22.7 Å². The second-order valence-corrected chi connectivity index (χ2v) is 6.17. The van der Waals surface area contributed by atoms with Gasteiger partial charge in [0.2, 0.25) is 0 Å². The van der Waals surface area contributed by atoms with Crippen LogP contribution in [-0.2, 0) is 10.0 Å². The largest absolute Gasteiger partial charge is 0.399 e. The molecule has 0 aliphatic heterocycles. The number of hydrogen-bond donors (Lipinski definition) is 1. The van der Waals surface area contributed by atoms with E-state index in [1.165, 1.54) is 12.3 Å². The highest BCUT2D eigenvalue weighted by Crippen LogP contribution is 2.25. The first-order valence-corrected chi connectivity index (χ1v) is 7.05. The maximum absolute atomic E-state index is 11.9. The Kier molecular flexibility index (Phi) is 4.67. The molecule has 0 heterocycles. The number of rotatable bonds is 4. The van der Waals surface area contributed by atoms with Crippen LogP contribution in [-0.4, -0.2) is 40.2 Å². The van der Waals surface area contributed by atoms with E-state index in [0.717, 1.165) is 0 Å². The van der Waals surface area contributed by atoms with E-state index in [4.69, 9.17) is 5.73 Å². The first-order chi connectivity index (χ1) is 7.83. The molecule has 1 rings (SSSR count). The molecule has 7 heteroatoms. The molecule has 0 saturated heterocycles. The van der Waals surface area contributed by atoms with Gasteiger partial charge < -0.3 is 10.6 Å². The number of nitrogens with zero attached hydrogens (tertiary/aromatic N) is 2. The molecule has 0 fully saturated rings. The topological polar surface area (TPSA) is 75.8 Å². The second kappa shape index (κ2) is 5.61. The highest BCUT2D eigenvalue weighted by Gasteiger charge is 2.15. The lowest BCUT2D eigenvalue weighted by atomic mass is 10.3. The molecule has 0 saturated carbocycles. The molecule has 0 spiro atoms. The Labute approximate surface area is 110 Å². The van der Waals surface area contributed by atoms with Crippen molar-refractivity contribution in [1.82, 2.24) is 4.90 Å². The van der Waals surface area contributed by atoms with Crippen LogP contribution in [0.25, 0.3) is 0 Å². The first kappa shape index (κ1) is 14.1. The molecule has 0 atom stereocenters. The molecule has 2 N–H and O–H groups in total. The fourth-order valence-corrected chi connectivity index (χ4v) is 2.91. The van der Waals surface area contributed by atoms with Crippen LogP contribution < -0.4 is 5.73 Å². The van der Waals surface area contributed by atoms with Gasteiger partial charge in [0, 0.05) is 22.9 Å². The Morgan fingerprint density at radius 1 is 1.47 bits per heavy atom. The van der Waals surface area contributed by atoms with E-state index in [9.17, 15) is 8.42 Å². The Bertz CT molecular complexity index is 526. The van der Waals surface area contributed by atoms with Crippen molar-refractivity contribution in [2.45, 2.75) is 4.90 Å². The summed E-state index contributed by atoms with van der Waals surface area (Å²) in [5.41, 5.74) is 5.94. The Balaban J connectivity index is 3.05. The molecule has 0 amide bonds. The number of hydrogen-bond acceptors (Lipinski definition) is 4. The average molecular weight is 320 g/mol. The van der Waals surface area contributed by atoms with Crippen LogP contribution in [0.1, 0.15) is 0 Å². The van der Waals surface area contributed by atoms with E-state index >= 15 is 0 Å². The Hall–Kier alpha value is -0.920. The normalized spacial score (nSPS) is 12.5. The van der Waals surface area contributed by atoms with Crippen LogP contribution in [0.2, 0.25) is 0 Å². The van der Waals surface area contributed by atoms with Crippen molar-refractivity contribution in [3.63, 3.8) is 0 Å². The monoisotopic (exact) mass is 319 g/mol. The molecule has 1 aromatic rings. The van der Waals surface area contributed by atoms with E-state index in [0.29, 0.717) is 16.7 Å². The maximum atomic E-state index is 11.9. The van der Waals surface area contributed by atoms with Crippen molar-refractivity contribution in [2.24, 2.45) is 4.40 Å². The van der Waals surface area contributed by atoms with Gasteiger partial charge in [0.1, 0.15) is 4.90 Å². The summed E-state index contributed by atoms with van der Waals surface area (Å²) in [6, 6.07) is 4.59. The molecule has 0 radical (unpaired) electrons. The molecular weight excluding hydrogens is 306 g/mol. The Morgan fingerprint density at radius 2 is 2.12 bits per heavy atom. The molecule has 0 bridgehead atoms. The van der Waals surface area contributed by atoms with Gasteiger partial charge in [-0.3, -0.25) is 0 Å².